The lowest BCUT2D eigenvalue weighted by molar-refractivity contribution is -0.232. The number of rotatable bonds is 10. The van der Waals surface area contributed by atoms with E-state index in [-0.39, 0.29) is 12.0 Å². The van der Waals surface area contributed by atoms with Crippen molar-refractivity contribution in [2.24, 2.45) is 0 Å². The summed E-state index contributed by atoms with van der Waals surface area (Å²) in [5, 5.41) is 0. The summed E-state index contributed by atoms with van der Waals surface area (Å²) >= 11 is 0. The van der Waals surface area contributed by atoms with Crippen LogP contribution in [0.4, 0.5) is 0 Å². The maximum absolute atomic E-state index is 5.92. The molecule has 1 aliphatic rings. The van der Waals surface area contributed by atoms with Crippen molar-refractivity contribution in [1.82, 2.24) is 0 Å². The van der Waals surface area contributed by atoms with E-state index in [1.807, 2.05) is 20.8 Å². The highest BCUT2D eigenvalue weighted by molar-refractivity contribution is 6.62. The highest BCUT2D eigenvalue weighted by Crippen LogP contribution is 2.25. The molecule has 2 unspecified atom stereocenters. The van der Waals surface area contributed by atoms with Crippen LogP contribution in [-0.2, 0) is 22.8 Å². The fourth-order valence-corrected chi connectivity index (χ4v) is 4.77. The Bertz CT molecular complexity index is 205. The third kappa shape index (κ3) is 4.01. The monoisotopic (exact) mass is 278 g/mol. The second kappa shape index (κ2) is 8.24. The van der Waals surface area contributed by atoms with Crippen LogP contribution in [0.2, 0.25) is 0 Å². The zero-order valence-electron chi connectivity index (χ0n) is 11.9. The molecule has 0 radical (unpaired) electrons. The summed E-state index contributed by atoms with van der Waals surface area (Å²) in [5.41, 5.74) is -0.150. The van der Waals surface area contributed by atoms with E-state index in [1.54, 1.807) is 0 Å². The van der Waals surface area contributed by atoms with Crippen molar-refractivity contribution in [2.75, 3.05) is 26.4 Å². The molecule has 5 nitrogen and oxygen atoms in total. The summed E-state index contributed by atoms with van der Waals surface area (Å²) in [6.07, 6.45) is 1.61. The Balaban J connectivity index is 2.72. The Labute approximate surface area is 111 Å². The molecule has 1 fully saturated rings. The number of hydrogen-bond acceptors (Lipinski definition) is 5. The van der Waals surface area contributed by atoms with Gasteiger partial charge < -0.3 is 22.8 Å². The van der Waals surface area contributed by atoms with Crippen LogP contribution in [0.15, 0.2) is 0 Å². The van der Waals surface area contributed by atoms with Crippen LogP contribution < -0.4 is 0 Å². The Morgan fingerprint density at radius 2 is 1.56 bits per heavy atom. The first kappa shape index (κ1) is 16.1. The van der Waals surface area contributed by atoms with Crippen LogP contribution in [-0.4, -0.2) is 47.2 Å². The highest BCUT2D eigenvalue weighted by Gasteiger charge is 2.51. The van der Waals surface area contributed by atoms with Gasteiger partial charge in [0.05, 0.1) is 6.61 Å². The van der Waals surface area contributed by atoms with Gasteiger partial charge in [-0.3, -0.25) is 0 Å². The van der Waals surface area contributed by atoms with E-state index in [0.29, 0.717) is 19.8 Å². The minimum atomic E-state index is -2.77. The van der Waals surface area contributed by atoms with Crippen molar-refractivity contribution in [1.29, 1.82) is 0 Å². The van der Waals surface area contributed by atoms with Gasteiger partial charge in [-0.05, 0) is 27.2 Å². The van der Waals surface area contributed by atoms with Crippen molar-refractivity contribution in [3.05, 3.63) is 0 Å². The van der Waals surface area contributed by atoms with E-state index in [9.17, 15) is 0 Å². The summed E-state index contributed by atoms with van der Waals surface area (Å²) in [6.45, 7) is 10.4. The van der Waals surface area contributed by atoms with E-state index in [4.69, 9.17) is 22.8 Å². The zero-order valence-corrected chi connectivity index (χ0v) is 12.9. The van der Waals surface area contributed by atoms with Gasteiger partial charge in [0.25, 0.3) is 0 Å². The Kier molecular flexibility index (Phi) is 7.36. The van der Waals surface area contributed by atoms with E-state index >= 15 is 0 Å². The highest BCUT2D eigenvalue weighted by atomic mass is 28.4. The molecule has 0 aromatic carbocycles. The first-order valence-corrected chi connectivity index (χ1v) is 8.71. The third-order valence-electron chi connectivity index (χ3n) is 2.78. The molecule has 1 heterocycles. The normalized spacial score (nSPS) is 21.7. The quantitative estimate of drug-likeness (QED) is 0.573. The average Bonchev–Trinajstić information content (AvgIpc) is 2.28. The SMILES string of the molecule is CCO[Si](OCC)(OCC)C(CC)OC1CCO1. The van der Waals surface area contributed by atoms with Gasteiger partial charge in [0, 0.05) is 26.2 Å². The van der Waals surface area contributed by atoms with Crippen molar-refractivity contribution in [2.45, 2.75) is 52.6 Å². The first-order chi connectivity index (χ1) is 8.72. The van der Waals surface area contributed by atoms with Gasteiger partial charge in [-0.2, -0.15) is 0 Å². The second-order valence-corrected chi connectivity index (χ2v) is 6.74. The Morgan fingerprint density at radius 1 is 1.06 bits per heavy atom. The first-order valence-electron chi connectivity index (χ1n) is 6.91. The van der Waals surface area contributed by atoms with Crippen LogP contribution in [0.1, 0.15) is 40.5 Å². The van der Waals surface area contributed by atoms with Crippen molar-refractivity contribution >= 4 is 8.80 Å². The molecule has 18 heavy (non-hydrogen) atoms. The number of hydrogen-bond donors (Lipinski definition) is 0. The van der Waals surface area contributed by atoms with Crippen LogP contribution >= 0.6 is 0 Å². The van der Waals surface area contributed by atoms with Crippen molar-refractivity contribution in [3.63, 3.8) is 0 Å². The minimum absolute atomic E-state index is 0.122. The Morgan fingerprint density at radius 3 is 1.83 bits per heavy atom. The maximum Gasteiger partial charge on any atom is 0.531 e. The standard InChI is InChI=1S/C12H26O5Si/c1-5-12(17-11-9-10-13-11)18(14-6-2,15-7-3)16-8-4/h11-12H,5-10H2,1-4H3. The Hall–Kier alpha value is 0.0169. The molecule has 0 amide bonds. The second-order valence-electron chi connectivity index (χ2n) is 4.02. The fourth-order valence-electron chi connectivity index (χ4n) is 1.94. The topological polar surface area (TPSA) is 46.2 Å². The molecule has 6 heteroatoms. The molecule has 1 aliphatic heterocycles. The largest absolute Gasteiger partial charge is 0.531 e. The summed E-state index contributed by atoms with van der Waals surface area (Å²) in [6, 6.07) is 0. The molecule has 0 saturated carbocycles. The molecular weight excluding hydrogens is 252 g/mol. The van der Waals surface area contributed by atoms with E-state index in [1.165, 1.54) is 0 Å². The van der Waals surface area contributed by atoms with Gasteiger partial charge >= 0.3 is 8.80 Å². The smallest absolute Gasteiger partial charge is 0.372 e. The molecule has 108 valence electrons. The van der Waals surface area contributed by atoms with Crippen molar-refractivity contribution in [3.8, 4) is 0 Å². The molecule has 0 aliphatic carbocycles. The molecule has 0 N–H and O–H groups in total. The molecule has 1 saturated heterocycles. The molecule has 2 atom stereocenters. The van der Waals surface area contributed by atoms with Gasteiger partial charge in [-0.25, -0.2) is 0 Å². The number of ether oxygens (including phenoxy) is 2. The van der Waals surface area contributed by atoms with Crippen LogP contribution in [0.5, 0.6) is 0 Å². The summed E-state index contributed by atoms with van der Waals surface area (Å²) in [5.74, 6) is 0. The third-order valence-corrected chi connectivity index (χ3v) is 6.18. The molecular formula is C12H26O5Si. The summed E-state index contributed by atoms with van der Waals surface area (Å²) in [7, 11) is -2.77. The van der Waals surface area contributed by atoms with Gasteiger partial charge in [0.1, 0.15) is 5.73 Å². The van der Waals surface area contributed by atoms with Crippen LogP contribution in [0.25, 0.3) is 0 Å². The molecule has 0 aromatic rings. The predicted octanol–water partition coefficient (Wildman–Crippen LogP) is 2.12. The lowest BCUT2D eigenvalue weighted by atomic mass is 10.3. The van der Waals surface area contributed by atoms with Gasteiger partial charge in [-0.1, -0.05) is 6.92 Å². The molecule has 1 rings (SSSR count). The minimum Gasteiger partial charge on any atom is -0.372 e. The van der Waals surface area contributed by atoms with Crippen LogP contribution in [0, 0.1) is 0 Å². The summed E-state index contributed by atoms with van der Waals surface area (Å²) < 4.78 is 28.8. The molecule has 0 bridgehead atoms. The lowest BCUT2D eigenvalue weighted by Gasteiger charge is -2.38. The fraction of sp³-hybridized carbons (Fsp3) is 1.00. The molecule has 0 aromatic heterocycles. The van der Waals surface area contributed by atoms with Gasteiger partial charge in [0.2, 0.25) is 0 Å². The van der Waals surface area contributed by atoms with E-state index in [2.05, 4.69) is 6.92 Å². The zero-order chi connectivity index (χ0) is 13.4. The maximum atomic E-state index is 5.92. The van der Waals surface area contributed by atoms with Gasteiger partial charge in [-0.15, -0.1) is 0 Å². The predicted molar refractivity (Wildman–Crippen MR) is 70.2 cm³/mol. The van der Waals surface area contributed by atoms with E-state index < -0.39 is 8.80 Å². The van der Waals surface area contributed by atoms with Crippen LogP contribution in [0.3, 0.4) is 0 Å². The molecule has 0 spiro atoms. The lowest BCUT2D eigenvalue weighted by Crippen LogP contribution is -2.59. The van der Waals surface area contributed by atoms with E-state index in [0.717, 1.165) is 19.4 Å². The van der Waals surface area contributed by atoms with Crippen molar-refractivity contribution < 1.29 is 22.8 Å². The summed E-state index contributed by atoms with van der Waals surface area (Å²) in [4.78, 5) is 0. The average molecular weight is 278 g/mol. The van der Waals surface area contributed by atoms with Gasteiger partial charge in [0.15, 0.2) is 6.29 Å².